The Balaban J connectivity index is 1.96. The molecule has 0 amide bonds. The number of rotatable bonds is 6. The highest BCUT2D eigenvalue weighted by atomic mass is 15.1. The van der Waals surface area contributed by atoms with Gasteiger partial charge in [0.05, 0.1) is 0 Å². The summed E-state index contributed by atoms with van der Waals surface area (Å²) in [5, 5.41) is 6.64. The first-order valence-corrected chi connectivity index (χ1v) is 6.99. The van der Waals surface area contributed by atoms with Gasteiger partial charge >= 0.3 is 0 Å². The molecule has 0 spiro atoms. The minimum atomic E-state index is 0.591. The summed E-state index contributed by atoms with van der Waals surface area (Å²) in [6, 6.07) is 10.3. The fourth-order valence-electron chi connectivity index (χ4n) is 1.85. The van der Waals surface area contributed by atoms with E-state index in [2.05, 4.69) is 65.6 Å². The minimum Gasteiger partial charge on any atom is -0.370 e. The van der Waals surface area contributed by atoms with Crippen LogP contribution >= 0.6 is 0 Å². The first-order chi connectivity index (χ1) is 9.65. The van der Waals surface area contributed by atoms with Crippen molar-refractivity contribution in [2.75, 3.05) is 17.2 Å². The van der Waals surface area contributed by atoms with Crippen molar-refractivity contribution in [3.63, 3.8) is 0 Å². The van der Waals surface area contributed by atoms with E-state index in [1.54, 1.807) is 6.33 Å². The van der Waals surface area contributed by atoms with Crippen molar-refractivity contribution >= 4 is 11.6 Å². The fourth-order valence-corrected chi connectivity index (χ4v) is 1.85. The molecule has 0 aliphatic rings. The van der Waals surface area contributed by atoms with Gasteiger partial charge in [0.15, 0.2) is 0 Å². The molecule has 0 saturated carbocycles. The van der Waals surface area contributed by atoms with Gasteiger partial charge in [0, 0.05) is 19.2 Å². The van der Waals surface area contributed by atoms with Crippen molar-refractivity contribution in [2.24, 2.45) is 5.92 Å². The second-order valence-electron chi connectivity index (χ2n) is 5.34. The second-order valence-corrected chi connectivity index (χ2v) is 5.34. The van der Waals surface area contributed by atoms with Crippen LogP contribution in [0.1, 0.15) is 25.0 Å². The molecule has 1 aromatic heterocycles. The number of aromatic nitrogens is 2. The van der Waals surface area contributed by atoms with E-state index in [1.165, 1.54) is 11.1 Å². The van der Waals surface area contributed by atoms with Crippen LogP contribution in [0, 0.1) is 12.8 Å². The van der Waals surface area contributed by atoms with E-state index < -0.39 is 0 Å². The van der Waals surface area contributed by atoms with Gasteiger partial charge in [0.2, 0.25) is 0 Å². The normalized spacial score (nSPS) is 10.6. The maximum atomic E-state index is 4.25. The molecule has 106 valence electrons. The van der Waals surface area contributed by atoms with E-state index in [1.807, 2.05) is 6.07 Å². The zero-order valence-corrected chi connectivity index (χ0v) is 12.4. The van der Waals surface area contributed by atoms with E-state index in [9.17, 15) is 0 Å². The molecule has 2 N–H and O–H groups in total. The highest BCUT2D eigenvalue weighted by molar-refractivity contribution is 5.47. The van der Waals surface area contributed by atoms with E-state index in [0.717, 1.165) is 24.7 Å². The summed E-state index contributed by atoms with van der Waals surface area (Å²) >= 11 is 0. The molecule has 2 rings (SSSR count). The van der Waals surface area contributed by atoms with Crippen LogP contribution in [0.25, 0.3) is 0 Å². The topological polar surface area (TPSA) is 49.8 Å². The maximum absolute atomic E-state index is 4.25. The Labute approximate surface area is 120 Å². The van der Waals surface area contributed by atoms with Crippen molar-refractivity contribution < 1.29 is 0 Å². The standard InChI is InChI=1S/C16H22N4/c1-12(2)9-17-15-8-16(20-11-19-15)18-10-14-7-5-4-6-13(14)3/h4-8,11-12H,9-10H2,1-3H3,(H2,17,18,19,20). The van der Waals surface area contributed by atoms with Crippen molar-refractivity contribution in [1.29, 1.82) is 0 Å². The lowest BCUT2D eigenvalue weighted by atomic mass is 10.1. The van der Waals surface area contributed by atoms with E-state index in [4.69, 9.17) is 0 Å². The summed E-state index contributed by atoms with van der Waals surface area (Å²) in [5.74, 6) is 2.30. The minimum absolute atomic E-state index is 0.591. The Morgan fingerprint density at radius 1 is 1.05 bits per heavy atom. The van der Waals surface area contributed by atoms with Crippen molar-refractivity contribution in [3.05, 3.63) is 47.8 Å². The summed E-state index contributed by atoms with van der Waals surface area (Å²) in [4.78, 5) is 8.47. The van der Waals surface area contributed by atoms with Crippen LogP contribution in [0.4, 0.5) is 11.6 Å². The zero-order chi connectivity index (χ0) is 14.4. The Morgan fingerprint density at radius 3 is 2.45 bits per heavy atom. The molecular formula is C16H22N4. The Kier molecular flexibility index (Phi) is 4.93. The van der Waals surface area contributed by atoms with Crippen molar-refractivity contribution in [3.8, 4) is 0 Å². The second kappa shape index (κ2) is 6.89. The smallest absolute Gasteiger partial charge is 0.131 e. The van der Waals surface area contributed by atoms with Gasteiger partial charge in [-0.15, -0.1) is 0 Å². The summed E-state index contributed by atoms with van der Waals surface area (Å²) in [6.07, 6.45) is 1.59. The lowest BCUT2D eigenvalue weighted by Gasteiger charge is -2.11. The number of hydrogen-bond donors (Lipinski definition) is 2. The highest BCUT2D eigenvalue weighted by Crippen LogP contribution is 2.12. The lowest BCUT2D eigenvalue weighted by molar-refractivity contribution is 0.687. The third-order valence-corrected chi connectivity index (χ3v) is 3.08. The number of hydrogen-bond acceptors (Lipinski definition) is 4. The number of nitrogens with zero attached hydrogens (tertiary/aromatic N) is 2. The van der Waals surface area contributed by atoms with Gasteiger partial charge in [-0.05, 0) is 24.0 Å². The van der Waals surface area contributed by atoms with Gasteiger partial charge in [0.25, 0.3) is 0 Å². The van der Waals surface area contributed by atoms with Gasteiger partial charge in [-0.1, -0.05) is 38.1 Å². The fraction of sp³-hybridized carbons (Fsp3) is 0.375. The Bertz CT molecular complexity index is 552. The summed E-state index contributed by atoms with van der Waals surface area (Å²) in [7, 11) is 0. The third-order valence-electron chi connectivity index (χ3n) is 3.08. The first kappa shape index (κ1) is 14.3. The largest absolute Gasteiger partial charge is 0.370 e. The predicted molar refractivity (Wildman–Crippen MR) is 83.9 cm³/mol. The summed E-state index contributed by atoms with van der Waals surface area (Å²) < 4.78 is 0. The molecule has 0 aliphatic carbocycles. The average Bonchev–Trinajstić information content (AvgIpc) is 2.45. The molecule has 0 unspecified atom stereocenters. The van der Waals surface area contributed by atoms with Crippen LogP contribution in [0.15, 0.2) is 36.7 Å². The van der Waals surface area contributed by atoms with Gasteiger partial charge in [0.1, 0.15) is 18.0 Å². The number of anilines is 2. The molecule has 0 atom stereocenters. The van der Waals surface area contributed by atoms with Crippen LogP contribution in [0.3, 0.4) is 0 Å². The quantitative estimate of drug-likeness (QED) is 0.844. The molecule has 0 radical (unpaired) electrons. The van der Waals surface area contributed by atoms with Crippen LogP contribution < -0.4 is 10.6 Å². The molecule has 1 aromatic carbocycles. The molecule has 4 heteroatoms. The van der Waals surface area contributed by atoms with Crippen molar-refractivity contribution in [2.45, 2.75) is 27.3 Å². The van der Waals surface area contributed by atoms with Gasteiger partial charge in [-0.25, -0.2) is 9.97 Å². The molecule has 0 fully saturated rings. The molecule has 0 aliphatic heterocycles. The number of benzene rings is 1. The van der Waals surface area contributed by atoms with E-state index >= 15 is 0 Å². The predicted octanol–water partition coefficient (Wildman–Crippen LogP) is 3.47. The third kappa shape index (κ3) is 4.23. The summed E-state index contributed by atoms with van der Waals surface area (Å²) in [5.41, 5.74) is 2.56. The molecule has 1 heterocycles. The number of aryl methyl sites for hydroxylation is 1. The van der Waals surface area contributed by atoms with Crippen molar-refractivity contribution in [1.82, 2.24) is 9.97 Å². The Morgan fingerprint density at radius 2 is 1.75 bits per heavy atom. The van der Waals surface area contributed by atoms with Gasteiger partial charge in [-0.2, -0.15) is 0 Å². The van der Waals surface area contributed by atoms with Crippen LogP contribution in [0.2, 0.25) is 0 Å². The molecule has 4 nitrogen and oxygen atoms in total. The monoisotopic (exact) mass is 270 g/mol. The molecule has 2 aromatic rings. The molecule has 20 heavy (non-hydrogen) atoms. The van der Waals surface area contributed by atoms with E-state index in [0.29, 0.717) is 5.92 Å². The van der Waals surface area contributed by atoms with Crippen LogP contribution in [0.5, 0.6) is 0 Å². The summed E-state index contributed by atoms with van der Waals surface area (Å²) in [6.45, 7) is 8.14. The molecule has 0 saturated heterocycles. The lowest BCUT2D eigenvalue weighted by Crippen LogP contribution is -2.10. The highest BCUT2D eigenvalue weighted by Gasteiger charge is 2.01. The van der Waals surface area contributed by atoms with Gasteiger partial charge in [-0.3, -0.25) is 0 Å². The molecule has 0 bridgehead atoms. The van der Waals surface area contributed by atoms with E-state index in [-0.39, 0.29) is 0 Å². The maximum Gasteiger partial charge on any atom is 0.131 e. The average molecular weight is 270 g/mol. The first-order valence-electron chi connectivity index (χ1n) is 6.99. The van der Waals surface area contributed by atoms with Gasteiger partial charge < -0.3 is 10.6 Å². The Hall–Kier alpha value is -2.10. The van der Waals surface area contributed by atoms with Crippen LogP contribution in [-0.4, -0.2) is 16.5 Å². The number of nitrogens with one attached hydrogen (secondary N) is 2. The zero-order valence-electron chi connectivity index (χ0n) is 12.4. The SMILES string of the molecule is Cc1ccccc1CNc1cc(NCC(C)C)ncn1. The van der Waals surface area contributed by atoms with Crippen LogP contribution in [-0.2, 0) is 6.54 Å². The molecular weight excluding hydrogens is 248 g/mol.